The molecule has 0 amide bonds. The van der Waals surface area contributed by atoms with Gasteiger partial charge in [-0.3, -0.25) is 0 Å². The summed E-state index contributed by atoms with van der Waals surface area (Å²) in [5.74, 6) is -0.0723. The van der Waals surface area contributed by atoms with E-state index in [1.807, 2.05) is 0 Å². The smallest absolute Gasteiger partial charge is 0.337 e. The lowest BCUT2D eigenvalue weighted by Gasteiger charge is -2.22. The summed E-state index contributed by atoms with van der Waals surface area (Å²) in [5.41, 5.74) is 0.865. The van der Waals surface area contributed by atoms with Crippen LogP contribution in [0, 0.1) is 5.41 Å². The first kappa shape index (κ1) is 9.56. The van der Waals surface area contributed by atoms with E-state index in [4.69, 9.17) is 4.74 Å². The van der Waals surface area contributed by atoms with Gasteiger partial charge < -0.3 is 9.84 Å². The van der Waals surface area contributed by atoms with Gasteiger partial charge in [0, 0.05) is 6.42 Å². The van der Waals surface area contributed by atoms with Crippen molar-refractivity contribution in [3.05, 3.63) is 11.3 Å². The van der Waals surface area contributed by atoms with E-state index in [2.05, 4.69) is 0 Å². The minimum absolute atomic E-state index is 0.251. The molecule has 1 saturated carbocycles. The number of hydrogen-bond acceptors (Lipinski definition) is 3. The second-order valence-corrected chi connectivity index (χ2v) is 4.32. The van der Waals surface area contributed by atoms with Crippen molar-refractivity contribution in [1.82, 2.24) is 0 Å². The van der Waals surface area contributed by atoms with Crippen LogP contribution in [0.1, 0.15) is 39.0 Å². The summed E-state index contributed by atoms with van der Waals surface area (Å²) >= 11 is 0. The molecular formula is C11H16O3. The lowest BCUT2D eigenvalue weighted by Crippen LogP contribution is -2.19. The highest BCUT2D eigenvalue weighted by molar-refractivity contribution is 5.89. The maximum Gasteiger partial charge on any atom is 0.337 e. The Morgan fingerprint density at radius 1 is 1.50 bits per heavy atom. The van der Waals surface area contributed by atoms with Crippen LogP contribution in [0.5, 0.6) is 0 Å². The molecule has 0 aliphatic heterocycles. The van der Waals surface area contributed by atoms with Crippen molar-refractivity contribution in [2.45, 2.75) is 39.0 Å². The number of aliphatic hydroxyl groups is 1. The Kier molecular flexibility index (Phi) is 2.25. The van der Waals surface area contributed by atoms with Crippen LogP contribution in [-0.4, -0.2) is 17.7 Å². The average molecular weight is 196 g/mol. The molecule has 0 aromatic heterocycles. The lowest BCUT2D eigenvalue weighted by atomic mass is 9.85. The minimum atomic E-state index is -0.323. The minimum Gasteiger partial charge on any atom is -0.512 e. The van der Waals surface area contributed by atoms with Gasteiger partial charge in [0.1, 0.15) is 5.76 Å². The lowest BCUT2D eigenvalue weighted by molar-refractivity contribution is -0.139. The van der Waals surface area contributed by atoms with Crippen LogP contribution < -0.4 is 0 Å². The second kappa shape index (κ2) is 3.30. The van der Waals surface area contributed by atoms with Gasteiger partial charge >= 0.3 is 5.97 Å². The molecule has 2 aliphatic carbocycles. The third-order valence-corrected chi connectivity index (χ3v) is 3.27. The van der Waals surface area contributed by atoms with Crippen molar-refractivity contribution < 1.29 is 14.6 Å². The van der Waals surface area contributed by atoms with Gasteiger partial charge in [0.2, 0.25) is 0 Å². The summed E-state index contributed by atoms with van der Waals surface area (Å²) in [6.45, 7) is 2.16. The molecule has 1 fully saturated rings. The molecule has 0 atom stereocenters. The molecule has 0 aromatic rings. The summed E-state index contributed by atoms with van der Waals surface area (Å²) in [4.78, 5) is 11.5. The standard InChI is InChI=1S/C11H16O3/c1-2-14-10(13)8-7-11(5-6-11)4-3-9(8)12/h12H,2-7H2,1H3. The highest BCUT2D eigenvalue weighted by atomic mass is 16.5. The number of hydrogen-bond donors (Lipinski definition) is 1. The van der Waals surface area contributed by atoms with Gasteiger partial charge in [-0.05, 0) is 38.0 Å². The van der Waals surface area contributed by atoms with Crippen LogP contribution in [0.4, 0.5) is 0 Å². The summed E-state index contributed by atoms with van der Waals surface area (Å²) in [5, 5.41) is 9.60. The molecule has 14 heavy (non-hydrogen) atoms. The average Bonchev–Trinajstić information content (AvgIpc) is 2.91. The van der Waals surface area contributed by atoms with Crippen molar-refractivity contribution in [1.29, 1.82) is 0 Å². The number of allylic oxidation sites excluding steroid dienone is 1. The molecule has 1 N–H and O–H groups in total. The van der Waals surface area contributed by atoms with Gasteiger partial charge in [0.15, 0.2) is 0 Å². The third kappa shape index (κ3) is 1.63. The van der Waals surface area contributed by atoms with Crippen molar-refractivity contribution in [2.24, 2.45) is 5.41 Å². The van der Waals surface area contributed by atoms with E-state index in [9.17, 15) is 9.90 Å². The SMILES string of the molecule is CCOC(=O)C1=C(O)CCC2(CC2)C1. The Morgan fingerprint density at radius 3 is 2.79 bits per heavy atom. The zero-order valence-electron chi connectivity index (χ0n) is 8.51. The van der Waals surface area contributed by atoms with Crippen molar-refractivity contribution in [3.63, 3.8) is 0 Å². The van der Waals surface area contributed by atoms with Gasteiger partial charge in [-0.2, -0.15) is 0 Å². The molecule has 0 bridgehead atoms. The zero-order valence-corrected chi connectivity index (χ0v) is 8.51. The van der Waals surface area contributed by atoms with Crippen LogP contribution >= 0.6 is 0 Å². The van der Waals surface area contributed by atoms with Crippen LogP contribution in [0.25, 0.3) is 0 Å². The molecular weight excluding hydrogens is 180 g/mol. The number of ether oxygens (including phenoxy) is 1. The first-order valence-electron chi connectivity index (χ1n) is 5.25. The van der Waals surface area contributed by atoms with E-state index < -0.39 is 0 Å². The van der Waals surface area contributed by atoms with Gasteiger partial charge in [-0.15, -0.1) is 0 Å². The normalized spacial score (nSPS) is 23.8. The van der Waals surface area contributed by atoms with Gasteiger partial charge in [0.25, 0.3) is 0 Å². The molecule has 78 valence electrons. The summed E-state index contributed by atoms with van der Waals surface area (Å²) in [6.07, 6.45) is 4.79. The molecule has 1 spiro atoms. The second-order valence-electron chi connectivity index (χ2n) is 4.32. The van der Waals surface area contributed by atoms with E-state index >= 15 is 0 Å². The maximum absolute atomic E-state index is 11.5. The summed E-state index contributed by atoms with van der Waals surface area (Å²) in [6, 6.07) is 0. The van der Waals surface area contributed by atoms with Crippen LogP contribution in [0.3, 0.4) is 0 Å². The zero-order chi connectivity index (χ0) is 10.2. The summed E-state index contributed by atoms with van der Waals surface area (Å²) < 4.78 is 4.92. The quantitative estimate of drug-likeness (QED) is 0.689. The molecule has 0 unspecified atom stereocenters. The van der Waals surface area contributed by atoms with E-state index in [1.165, 1.54) is 12.8 Å². The third-order valence-electron chi connectivity index (χ3n) is 3.27. The summed E-state index contributed by atoms with van der Waals surface area (Å²) in [7, 11) is 0. The van der Waals surface area contributed by atoms with E-state index in [-0.39, 0.29) is 11.7 Å². The van der Waals surface area contributed by atoms with E-state index in [0.29, 0.717) is 24.0 Å². The fourth-order valence-corrected chi connectivity index (χ4v) is 2.11. The predicted octanol–water partition coefficient (Wildman–Crippen LogP) is 2.33. The van der Waals surface area contributed by atoms with Gasteiger partial charge in [0.05, 0.1) is 12.2 Å². The van der Waals surface area contributed by atoms with Crippen LogP contribution in [0.2, 0.25) is 0 Å². The van der Waals surface area contributed by atoms with E-state index in [0.717, 1.165) is 12.8 Å². The monoisotopic (exact) mass is 196 g/mol. The van der Waals surface area contributed by atoms with E-state index in [1.54, 1.807) is 6.92 Å². The largest absolute Gasteiger partial charge is 0.512 e. The van der Waals surface area contributed by atoms with Crippen molar-refractivity contribution in [2.75, 3.05) is 6.61 Å². The Hall–Kier alpha value is -0.990. The Morgan fingerprint density at radius 2 is 2.21 bits per heavy atom. The number of carbonyl (C=O) groups excluding carboxylic acids is 1. The highest BCUT2D eigenvalue weighted by Gasteiger charge is 2.46. The molecule has 0 radical (unpaired) electrons. The van der Waals surface area contributed by atoms with Crippen LogP contribution in [0.15, 0.2) is 11.3 Å². The fraction of sp³-hybridized carbons (Fsp3) is 0.727. The molecule has 0 aromatic carbocycles. The number of esters is 1. The maximum atomic E-state index is 11.5. The van der Waals surface area contributed by atoms with Crippen molar-refractivity contribution >= 4 is 5.97 Å². The Labute approximate surface area is 83.8 Å². The molecule has 0 saturated heterocycles. The predicted molar refractivity (Wildman–Crippen MR) is 51.8 cm³/mol. The Bertz CT molecular complexity index is 287. The van der Waals surface area contributed by atoms with Crippen LogP contribution in [-0.2, 0) is 9.53 Å². The molecule has 3 nitrogen and oxygen atoms in total. The van der Waals surface area contributed by atoms with Crippen molar-refractivity contribution in [3.8, 4) is 0 Å². The number of aliphatic hydroxyl groups excluding tert-OH is 1. The fourth-order valence-electron chi connectivity index (χ4n) is 2.11. The molecule has 0 heterocycles. The molecule has 2 aliphatic rings. The van der Waals surface area contributed by atoms with Gasteiger partial charge in [-0.1, -0.05) is 0 Å². The highest BCUT2D eigenvalue weighted by Crippen LogP contribution is 2.57. The number of rotatable bonds is 2. The first-order chi connectivity index (χ1) is 6.67. The number of carbonyl (C=O) groups is 1. The topological polar surface area (TPSA) is 46.5 Å². The Balaban J connectivity index is 2.10. The first-order valence-corrected chi connectivity index (χ1v) is 5.25. The molecule has 3 heteroatoms. The molecule has 2 rings (SSSR count). The van der Waals surface area contributed by atoms with Gasteiger partial charge in [-0.25, -0.2) is 4.79 Å².